The van der Waals surface area contributed by atoms with Gasteiger partial charge in [-0.2, -0.15) is 0 Å². The van der Waals surface area contributed by atoms with Crippen LogP contribution >= 0.6 is 0 Å². The van der Waals surface area contributed by atoms with E-state index in [1.165, 1.54) is 22.0 Å². The van der Waals surface area contributed by atoms with Crippen molar-refractivity contribution in [2.75, 3.05) is 0 Å². The van der Waals surface area contributed by atoms with E-state index in [1.54, 1.807) is 0 Å². The fourth-order valence-corrected chi connectivity index (χ4v) is 2.67. The highest BCUT2D eigenvalue weighted by molar-refractivity contribution is 5.84. The Morgan fingerprint density at radius 2 is 1.85 bits per heavy atom. The summed E-state index contributed by atoms with van der Waals surface area (Å²) in [5, 5.41) is 1.27. The summed E-state index contributed by atoms with van der Waals surface area (Å²) in [5.74, 6) is 0.330. The number of benzene rings is 2. The molecule has 0 aliphatic heterocycles. The largest absolute Gasteiger partial charge is 0.361 e. The number of fused-ring (bicyclic) bond motifs is 1. The number of carbonyl (C=O) groups excluding carboxylic acids is 1. The van der Waals surface area contributed by atoms with E-state index in [1.807, 2.05) is 18.2 Å². The molecule has 0 saturated carbocycles. The van der Waals surface area contributed by atoms with Crippen LogP contribution in [0.2, 0.25) is 0 Å². The topological polar surface area (TPSA) is 32.9 Å². The van der Waals surface area contributed by atoms with Crippen molar-refractivity contribution in [3.8, 4) is 0 Å². The van der Waals surface area contributed by atoms with Gasteiger partial charge in [-0.05, 0) is 22.8 Å². The zero-order valence-electron chi connectivity index (χ0n) is 11.5. The molecule has 2 nitrogen and oxygen atoms in total. The van der Waals surface area contributed by atoms with Gasteiger partial charge in [-0.15, -0.1) is 0 Å². The Morgan fingerprint density at radius 1 is 1.10 bits per heavy atom. The van der Waals surface area contributed by atoms with E-state index in [2.05, 4.69) is 48.4 Å². The van der Waals surface area contributed by atoms with E-state index in [4.69, 9.17) is 0 Å². The smallest absolute Gasteiger partial charge is 0.124 e. The second kappa shape index (κ2) is 5.33. The minimum atomic E-state index is 0.330. The molecule has 1 unspecified atom stereocenters. The van der Waals surface area contributed by atoms with Gasteiger partial charge in [-0.3, -0.25) is 0 Å². The van der Waals surface area contributed by atoms with E-state index in [9.17, 15) is 4.79 Å². The van der Waals surface area contributed by atoms with Crippen molar-refractivity contribution in [2.24, 2.45) is 0 Å². The number of carbonyl (C=O) groups is 1. The quantitative estimate of drug-likeness (QED) is 0.707. The van der Waals surface area contributed by atoms with Crippen LogP contribution in [0.3, 0.4) is 0 Å². The van der Waals surface area contributed by atoms with Gasteiger partial charge in [0.05, 0.1) is 0 Å². The highest BCUT2D eigenvalue weighted by Gasteiger charge is 2.12. The lowest BCUT2D eigenvalue weighted by Crippen LogP contribution is -1.96. The molecule has 1 atom stereocenters. The number of para-hydroxylation sites is 1. The molecule has 0 aliphatic rings. The summed E-state index contributed by atoms with van der Waals surface area (Å²) in [6.07, 6.45) is 3.52. The van der Waals surface area contributed by atoms with Crippen molar-refractivity contribution in [2.45, 2.75) is 19.3 Å². The zero-order valence-corrected chi connectivity index (χ0v) is 11.5. The first-order valence-electron chi connectivity index (χ1n) is 6.88. The number of rotatable bonds is 4. The Labute approximate surface area is 118 Å². The van der Waals surface area contributed by atoms with Crippen LogP contribution in [-0.2, 0) is 11.2 Å². The number of aromatic amines is 1. The predicted octanol–water partition coefficient (Wildman–Crippen LogP) is 4.06. The average Bonchev–Trinajstić information content (AvgIpc) is 2.92. The van der Waals surface area contributed by atoms with Crippen molar-refractivity contribution < 1.29 is 4.79 Å². The monoisotopic (exact) mass is 263 g/mol. The van der Waals surface area contributed by atoms with E-state index < -0.39 is 0 Å². The Hall–Kier alpha value is -2.35. The van der Waals surface area contributed by atoms with Crippen LogP contribution in [-0.4, -0.2) is 11.3 Å². The molecule has 1 heterocycles. The molecular weight excluding hydrogens is 246 g/mol. The van der Waals surface area contributed by atoms with Crippen molar-refractivity contribution in [1.82, 2.24) is 4.98 Å². The lowest BCUT2D eigenvalue weighted by molar-refractivity contribution is -0.107. The van der Waals surface area contributed by atoms with E-state index in [-0.39, 0.29) is 0 Å². The van der Waals surface area contributed by atoms with Gasteiger partial charge in [-0.25, -0.2) is 0 Å². The summed E-state index contributed by atoms with van der Waals surface area (Å²) in [4.78, 5) is 13.8. The Morgan fingerprint density at radius 3 is 2.60 bits per heavy atom. The number of aldehydes is 1. The molecule has 2 heteroatoms. The molecule has 0 spiro atoms. The van der Waals surface area contributed by atoms with E-state index in [0.717, 1.165) is 11.8 Å². The highest BCUT2D eigenvalue weighted by atomic mass is 16.1. The Bertz CT molecular complexity index is 725. The fourth-order valence-electron chi connectivity index (χ4n) is 2.67. The molecule has 0 amide bonds. The highest BCUT2D eigenvalue weighted by Crippen LogP contribution is 2.30. The maximum Gasteiger partial charge on any atom is 0.124 e. The number of hydrogen-bond acceptors (Lipinski definition) is 1. The van der Waals surface area contributed by atoms with Crippen LogP contribution in [0.25, 0.3) is 10.9 Å². The third-order valence-corrected chi connectivity index (χ3v) is 3.89. The third kappa shape index (κ3) is 2.25. The summed E-state index contributed by atoms with van der Waals surface area (Å²) in [6.45, 7) is 2.21. The molecule has 100 valence electrons. The van der Waals surface area contributed by atoms with Crippen LogP contribution in [0, 0.1) is 0 Å². The standard InChI is InChI=1S/C18H17NO/c1-13(15-8-6-14(7-9-15)10-11-20)17-12-19-18-5-3-2-4-16(17)18/h2-9,11-13,19H,10H2,1H3. The zero-order chi connectivity index (χ0) is 13.9. The molecule has 0 radical (unpaired) electrons. The molecule has 3 aromatic rings. The molecular formula is C18H17NO. The second-order valence-electron chi connectivity index (χ2n) is 5.12. The normalized spacial score (nSPS) is 12.4. The molecule has 1 aromatic heterocycles. The van der Waals surface area contributed by atoms with Crippen molar-refractivity contribution in [3.63, 3.8) is 0 Å². The first-order chi connectivity index (χ1) is 9.79. The van der Waals surface area contributed by atoms with Gasteiger partial charge in [-0.1, -0.05) is 49.4 Å². The van der Waals surface area contributed by atoms with Gasteiger partial charge >= 0.3 is 0 Å². The van der Waals surface area contributed by atoms with Crippen molar-refractivity contribution in [3.05, 3.63) is 71.4 Å². The van der Waals surface area contributed by atoms with E-state index >= 15 is 0 Å². The molecule has 20 heavy (non-hydrogen) atoms. The summed E-state index contributed by atoms with van der Waals surface area (Å²) in [7, 11) is 0. The van der Waals surface area contributed by atoms with Crippen molar-refractivity contribution >= 4 is 17.2 Å². The number of hydrogen-bond donors (Lipinski definition) is 1. The van der Waals surface area contributed by atoms with Crippen LogP contribution in [0.4, 0.5) is 0 Å². The molecule has 2 aromatic carbocycles. The van der Waals surface area contributed by atoms with Crippen LogP contribution in [0.5, 0.6) is 0 Å². The molecule has 0 saturated heterocycles. The third-order valence-electron chi connectivity index (χ3n) is 3.89. The maximum absolute atomic E-state index is 10.5. The summed E-state index contributed by atoms with van der Waals surface area (Å²) in [5.41, 5.74) is 4.81. The van der Waals surface area contributed by atoms with Gasteiger partial charge in [0.15, 0.2) is 0 Å². The number of H-pyrrole nitrogens is 1. The van der Waals surface area contributed by atoms with Crippen LogP contribution in [0.15, 0.2) is 54.7 Å². The first-order valence-corrected chi connectivity index (χ1v) is 6.88. The lowest BCUT2D eigenvalue weighted by atomic mass is 9.92. The number of aromatic nitrogens is 1. The van der Waals surface area contributed by atoms with Gasteiger partial charge in [0, 0.05) is 29.4 Å². The van der Waals surface area contributed by atoms with Crippen LogP contribution in [0.1, 0.15) is 29.5 Å². The minimum Gasteiger partial charge on any atom is -0.361 e. The average molecular weight is 263 g/mol. The Kier molecular flexibility index (Phi) is 3.38. The van der Waals surface area contributed by atoms with Gasteiger partial charge < -0.3 is 9.78 Å². The van der Waals surface area contributed by atoms with Gasteiger partial charge in [0.25, 0.3) is 0 Å². The summed E-state index contributed by atoms with van der Waals surface area (Å²) in [6, 6.07) is 16.7. The molecule has 1 N–H and O–H groups in total. The van der Waals surface area contributed by atoms with E-state index in [0.29, 0.717) is 12.3 Å². The summed E-state index contributed by atoms with van der Waals surface area (Å²) >= 11 is 0. The molecule has 3 rings (SSSR count). The summed E-state index contributed by atoms with van der Waals surface area (Å²) < 4.78 is 0. The predicted molar refractivity (Wildman–Crippen MR) is 82.0 cm³/mol. The fraction of sp³-hybridized carbons (Fsp3) is 0.167. The lowest BCUT2D eigenvalue weighted by Gasteiger charge is -2.11. The van der Waals surface area contributed by atoms with Crippen molar-refractivity contribution in [1.29, 1.82) is 0 Å². The Balaban J connectivity index is 1.95. The minimum absolute atomic E-state index is 0.330. The van der Waals surface area contributed by atoms with Gasteiger partial charge in [0.1, 0.15) is 6.29 Å². The first kappa shape index (κ1) is 12.7. The second-order valence-corrected chi connectivity index (χ2v) is 5.12. The molecule has 0 aliphatic carbocycles. The molecule has 0 bridgehead atoms. The number of nitrogens with one attached hydrogen (secondary N) is 1. The maximum atomic E-state index is 10.5. The van der Waals surface area contributed by atoms with Gasteiger partial charge in [0.2, 0.25) is 0 Å². The molecule has 0 fully saturated rings. The van der Waals surface area contributed by atoms with Crippen LogP contribution < -0.4 is 0 Å². The SMILES string of the molecule is CC(c1ccc(CC=O)cc1)c1c[nH]c2ccccc12.